The Kier molecular flexibility index (Phi) is 4.64. The number of carbonyl (C=O) groups is 1. The number of aryl methyl sites for hydroxylation is 3. The maximum Gasteiger partial charge on any atom is 0.277 e. The van der Waals surface area contributed by atoms with Gasteiger partial charge in [-0.05, 0) is 62.4 Å². The minimum atomic E-state index is -0.277. The van der Waals surface area contributed by atoms with Crippen LogP contribution in [0, 0.1) is 6.92 Å². The number of Topliss-reactive ketones (excluding diaryl/α,β-unsaturated/α-hetero) is 1. The van der Waals surface area contributed by atoms with E-state index in [0.717, 1.165) is 24.0 Å². The number of benzene rings is 2. The first-order chi connectivity index (χ1) is 12.6. The number of ketones is 1. The molecular formula is C21H20N2O2S. The molecule has 0 aliphatic heterocycles. The lowest BCUT2D eigenvalue weighted by Crippen LogP contribution is -2.13. The molecule has 26 heavy (non-hydrogen) atoms. The average molecular weight is 364 g/mol. The third kappa shape index (κ3) is 3.44. The number of thioether (sulfide) groups is 1. The zero-order valence-corrected chi connectivity index (χ0v) is 15.7. The minimum Gasteiger partial charge on any atom is -0.411 e. The van der Waals surface area contributed by atoms with Gasteiger partial charge in [0.2, 0.25) is 5.89 Å². The Bertz CT molecular complexity index is 947. The van der Waals surface area contributed by atoms with Crippen molar-refractivity contribution in [3.05, 3.63) is 64.7 Å². The van der Waals surface area contributed by atoms with E-state index < -0.39 is 0 Å². The first-order valence-electron chi connectivity index (χ1n) is 8.83. The van der Waals surface area contributed by atoms with Crippen molar-refractivity contribution < 1.29 is 9.21 Å². The van der Waals surface area contributed by atoms with Crippen LogP contribution in [0.4, 0.5) is 0 Å². The van der Waals surface area contributed by atoms with Gasteiger partial charge in [-0.3, -0.25) is 4.79 Å². The number of nitrogens with zero attached hydrogens (tertiary/aromatic N) is 2. The third-order valence-corrected chi connectivity index (χ3v) is 5.67. The molecule has 0 radical (unpaired) electrons. The average Bonchev–Trinajstić information content (AvgIpc) is 3.30. The summed E-state index contributed by atoms with van der Waals surface area (Å²) < 4.78 is 5.73. The van der Waals surface area contributed by atoms with Gasteiger partial charge >= 0.3 is 0 Å². The summed E-state index contributed by atoms with van der Waals surface area (Å²) in [5.41, 5.74) is 5.52. The largest absolute Gasteiger partial charge is 0.411 e. The number of carbonyl (C=O) groups excluding carboxylic acids is 1. The summed E-state index contributed by atoms with van der Waals surface area (Å²) in [6.07, 6.45) is 3.38. The van der Waals surface area contributed by atoms with Crippen LogP contribution in [0.5, 0.6) is 0 Å². The van der Waals surface area contributed by atoms with E-state index in [1.54, 1.807) is 0 Å². The zero-order chi connectivity index (χ0) is 18.1. The van der Waals surface area contributed by atoms with E-state index in [-0.39, 0.29) is 11.0 Å². The smallest absolute Gasteiger partial charge is 0.277 e. The fourth-order valence-electron chi connectivity index (χ4n) is 3.23. The standard InChI is InChI=1S/C21H20N2O2S/c1-13-6-8-16(9-7-13)20-22-23-21(25-20)26-14(2)19(24)18-11-10-15-4-3-5-17(15)12-18/h6-12,14H,3-5H2,1-2H3/t14-/m1/s1. The van der Waals surface area contributed by atoms with Crippen molar-refractivity contribution in [2.45, 2.75) is 43.6 Å². The predicted octanol–water partition coefficient (Wildman–Crippen LogP) is 4.90. The second-order valence-electron chi connectivity index (χ2n) is 6.70. The molecule has 5 heteroatoms. The topological polar surface area (TPSA) is 56.0 Å². The van der Waals surface area contributed by atoms with Crippen molar-refractivity contribution in [2.75, 3.05) is 0 Å². The molecule has 2 aromatic carbocycles. The number of hydrogen-bond donors (Lipinski definition) is 0. The lowest BCUT2D eigenvalue weighted by molar-refractivity contribution is 0.0993. The van der Waals surface area contributed by atoms with Crippen LogP contribution in [0.1, 0.15) is 40.4 Å². The molecule has 1 heterocycles. The van der Waals surface area contributed by atoms with Gasteiger partial charge in [0.05, 0.1) is 5.25 Å². The van der Waals surface area contributed by atoms with Crippen LogP contribution in [0.25, 0.3) is 11.5 Å². The molecule has 1 atom stereocenters. The first-order valence-corrected chi connectivity index (χ1v) is 9.71. The van der Waals surface area contributed by atoms with Gasteiger partial charge in [0, 0.05) is 11.1 Å². The van der Waals surface area contributed by atoms with Crippen molar-refractivity contribution in [2.24, 2.45) is 0 Å². The van der Waals surface area contributed by atoms with E-state index in [4.69, 9.17) is 4.42 Å². The van der Waals surface area contributed by atoms with Crippen LogP contribution in [0.15, 0.2) is 52.1 Å². The summed E-state index contributed by atoms with van der Waals surface area (Å²) >= 11 is 1.31. The minimum absolute atomic E-state index is 0.0970. The fraction of sp³-hybridized carbons (Fsp3) is 0.286. The van der Waals surface area contributed by atoms with Gasteiger partial charge in [-0.1, -0.05) is 41.6 Å². The van der Waals surface area contributed by atoms with E-state index >= 15 is 0 Å². The van der Waals surface area contributed by atoms with E-state index in [1.807, 2.05) is 50.2 Å². The van der Waals surface area contributed by atoms with Crippen molar-refractivity contribution in [3.63, 3.8) is 0 Å². The molecule has 0 spiro atoms. The first kappa shape index (κ1) is 17.0. The third-order valence-electron chi connectivity index (χ3n) is 4.73. The van der Waals surface area contributed by atoms with Crippen LogP contribution in [0.3, 0.4) is 0 Å². The molecule has 0 saturated heterocycles. The molecule has 1 aromatic heterocycles. The van der Waals surface area contributed by atoms with Gasteiger partial charge in [-0.2, -0.15) is 0 Å². The fourth-order valence-corrected chi connectivity index (χ4v) is 4.00. The van der Waals surface area contributed by atoms with Gasteiger partial charge in [0.15, 0.2) is 5.78 Å². The Morgan fingerprint density at radius 1 is 1.08 bits per heavy atom. The molecule has 0 unspecified atom stereocenters. The highest BCUT2D eigenvalue weighted by Crippen LogP contribution is 2.29. The molecule has 1 aliphatic carbocycles. The van der Waals surface area contributed by atoms with Crippen molar-refractivity contribution >= 4 is 17.5 Å². The molecule has 132 valence electrons. The Balaban J connectivity index is 1.47. The summed E-state index contributed by atoms with van der Waals surface area (Å²) in [7, 11) is 0. The Morgan fingerprint density at radius 3 is 2.65 bits per heavy atom. The van der Waals surface area contributed by atoms with Crippen LogP contribution >= 0.6 is 11.8 Å². The molecule has 0 amide bonds. The Hall–Kier alpha value is -2.40. The van der Waals surface area contributed by atoms with Gasteiger partial charge in [-0.25, -0.2) is 0 Å². The van der Waals surface area contributed by atoms with Crippen LogP contribution in [-0.2, 0) is 12.8 Å². The van der Waals surface area contributed by atoms with Crippen LogP contribution < -0.4 is 0 Å². The molecule has 4 rings (SSSR count). The van der Waals surface area contributed by atoms with Crippen molar-refractivity contribution in [1.29, 1.82) is 0 Å². The van der Waals surface area contributed by atoms with Crippen LogP contribution in [-0.4, -0.2) is 21.2 Å². The monoisotopic (exact) mass is 364 g/mol. The van der Waals surface area contributed by atoms with E-state index in [1.165, 1.54) is 34.9 Å². The van der Waals surface area contributed by atoms with Crippen molar-refractivity contribution in [3.8, 4) is 11.5 Å². The molecule has 0 saturated carbocycles. The highest BCUT2D eigenvalue weighted by atomic mass is 32.2. The Labute approximate surface area is 157 Å². The van der Waals surface area contributed by atoms with Gasteiger partial charge < -0.3 is 4.42 Å². The molecule has 0 bridgehead atoms. The highest BCUT2D eigenvalue weighted by molar-refractivity contribution is 8.00. The molecule has 1 aliphatic rings. The van der Waals surface area contributed by atoms with Gasteiger partial charge in [0.25, 0.3) is 5.22 Å². The highest BCUT2D eigenvalue weighted by Gasteiger charge is 2.22. The van der Waals surface area contributed by atoms with Gasteiger partial charge in [0.1, 0.15) is 0 Å². The van der Waals surface area contributed by atoms with Crippen LogP contribution in [0.2, 0.25) is 0 Å². The maximum atomic E-state index is 12.8. The normalized spacial score (nSPS) is 14.2. The summed E-state index contributed by atoms with van der Waals surface area (Å²) in [6, 6.07) is 14.0. The van der Waals surface area contributed by atoms with E-state index in [9.17, 15) is 4.79 Å². The second-order valence-corrected chi connectivity index (χ2v) is 7.99. The quantitative estimate of drug-likeness (QED) is 0.476. The zero-order valence-electron chi connectivity index (χ0n) is 14.9. The SMILES string of the molecule is Cc1ccc(-c2nnc(S[C@H](C)C(=O)c3ccc4c(c3)CCC4)o2)cc1. The van der Waals surface area contributed by atoms with Gasteiger partial charge in [-0.15, -0.1) is 10.2 Å². The molecule has 0 fully saturated rings. The molecule has 0 N–H and O–H groups in total. The summed E-state index contributed by atoms with van der Waals surface area (Å²) in [4.78, 5) is 12.8. The lowest BCUT2D eigenvalue weighted by atomic mass is 10.0. The molecular weight excluding hydrogens is 344 g/mol. The second kappa shape index (κ2) is 7.08. The summed E-state index contributed by atoms with van der Waals surface area (Å²) in [6.45, 7) is 3.92. The summed E-state index contributed by atoms with van der Waals surface area (Å²) in [5, 5.41) is 8.32. The number of rotatable bonds is 5. The number of fused-ring (bicyclic) bond motifs is 1. The molecule has 4 nitrogen and oxygen atoms in total. The number of aromatic nitrogens is 2. The predicted molar refractivity (Wildman–Crippen MR) is 103 cm³/mol. The Morgan fingerprint density at radius 2 is 1.85 bits per heavy atom. The van der Waals surface area contributed by atoms with E-state index in [2.05, 4.69) is 16.3 Å². The maximum absolute atomic E-state index is 12.8. The summed E-state index contributed by atoms with van der Waals surface area (Å²) in [5.74, 6) is 0.574. The van der Waals surface area contributed by atoms with Crippen molar-refractivity contribution in [1.82, 2.24) is 10.2 Å². The van der Waals surface area contributed by atoms with E-state index in [0.29, 0.717) is 11.1 Å². The number of hydrogen-bond acceptors (Lipinski definition) is 5. The molecule has 3 aromatic rings. The lowest BCUT2D eigenvalue weighted by Gasteiger charge is -2.09.